The van der Waals surface area contributed by atoms with Gasteiger partial charge >= 0.3 is 6.55 Å². The van der Waals surface area contributed by atoms with Gasteiger partial charge in [0.15, 0.2) is 0 Å². The molecule has 1 heterocycles. The summed E-state index contributed by atoms with van der Waals surface area (Å²) in [5.41, 5.74) is 0.853. The fourth-order valence-corrected chi connectivity index (χ4v) is 2.23. The first-order valence-corrected chi connectivity index (χ1v) is 7.37. The van der Waals surface area contributed by atoms with E-state index in [4.69, 9.17) is 11.6 Å². The molecule has 2 amide bonds. The van der Waals surface area contributed by atoms with Crippen LogP contribution in [-0.4, -0.2) is 21.6 Å². The van der Waals surface area contributed by atoms with Gasteiger partial charge in [-0.05, 0) is 17.7 Å². The highest BCUT2D eigenvalue weighted by Crippen LogP contribution is 2.21. The van der Waals surface area contributed by atoms with Gasteiger partial charge in [0.25, 0.3) is 0 Å². The lowest BCUT2D eigenvalue weighted by Gasteiger charge is -2.18. The SMILES string of the molecule is CC(=O)NC(CC(=O)Nc1cnn(C(F)F)c1)c1ccc(Cl)cc1. The third kappa shape index (κ3) is 5.02. The van der Waals surface area contributed by atoms with Crippen molar-refractivity contribution < 1.29 is 18.4 Å². The molecular formula is C15H15ClF2N4O2. The van der Waals surface area contributed by atoms with E-state index in [2.05, 4.69) is 15.7 Å². The van der Waals surface area contributed by atoms with Crippen molar-refractivity contribution in [3.8, 4) is 0 Å². The first kappa shape index (κ1) is 17.9. The van der Waals surface area contributed by atoms with Crippen LogP contribution in [0.3, 0.4) is 0 Å². The van der Waals surface area contributed by atoms with Gasteiger partial charge in [-0.25, -0.2) is 4.68 Å². The van der Waals surface area contributed by atoms with E-state index in [9.17, 15) is 18.4 Å². The number of nitrogens with zero attached hydrogens (tertiary/aromatic N) is 2. The fraction of sp³-hybridized carbons (Fsp3) is 0.267. The Hall–Kier alpha value is -2.48. The van der Waals surface area contributed by atoms with Crippen LogP contribution in [0.4, 0.5) is 14.5 Å². The minimum atomic E-state index is -2.78. The number of benzene rings is 1. The first-order chi connectivity index (χ1) is 11.3. The van der Waals surface area contributed by atoms with Gasteiger partial charge in [0.1, 0.15) is 0 Å². The first-order valence-electron chi connectivity index (χ1n) is 7.00. The van der Waals surface area contributed by atoms with Crippen LogP contribution in [-0.2, 0) is 9.59 Å². The molecule has 0 saturated heterocycles. The van der Waals surface area contributed by atoms with E-state index in [0.717, 1.165) is 12.4 Å². The van der Waals surface area contributed by atoms with Gasteiger partial charge < -0.3 is 10.6 Å². The van der Waals surface area contributed by atoms with Crippen LogP contribution in [0.2, 0.25) is 5.02 Å². The summed E-state index contributed by atoms with van der Waals surface area (Å²) >= 11 is 5.83. The number of carbonyl (C=O) groups is 2. The number of halogens is 3. The van der Waals surface area contributed by atoms with E-state index < -0.39 is 18.5 Å². The zero-order chi connectivity index (χ0) is 17.7. The molecule has 0 aliphatic heterocycles. The van der Waals surface area contributed by atoms with E-state index in [1.54, 1.807) is 24.3 Å². The Morgan fingerprint density at radius 1 is 1.29 bits per heavy atom. The molecule has 2 rings (SSSR count). The summed E-state index contributed by atoms with van der Waals surface area (Å²) in [6.07, 6.45) is 2.08. The molecule has 0 saturated carbocycles. The van der Waals surface area contributed by atoms with E-state index >= 15 is 0 Å². The average Bonchev–Trinajstić information content (AvgIpc) is 2.95. The van der Waals surface area contributed by atoms with Crippen LogP contribution < -0.4 is 10.6 Å². The van der Waals surface area contributed by atoms with Crippen molar-refractivity contribution in [2.24, 2.45) is 0 Å². The van der Waals surface area contributed by atoms with Crippen LogP contribution in [0.15, 0.2) is 36.7 Å². The summed E-state index contributed by atoms with van der Waals surface area (Å²) in [7, 11) is 0. The maximum absolute atomic E-state index is 12.5. The predicted octanol–water partition coefficient (Wildman–Crippen LogP) is 3.14. The smallest absolute Gasteiger partial charge is 0.333 e. The summed E-state index contributed by atoms with van der Waals surface area (Å²) in [5.74, 6) is -0.745. The molecule has 2 N–H and O–H groups in total. The third-order valence-electron chi connectivity index (χ3n) is 3.12. The average molecular weight is 357 g/mol. The lowest BCUT2D eigenvalue weighted by molar-refractivity contribution is -0.120. The lowest BCUT2D eigenvalue weighted by atomic mass is 10.0. The quantitative estimate of drug-likeness (QED) is 0.834. The van der Waals surface area contributed by atoms with Crippen LogP contribution in [0, 0.1) is 0 Å². The molecule has 0 radical (unpaired) electrons. The Morgan fingerprint density at radius 3 is 2.50 bits per heavy atom. The summed E-state index contributed by atoms with van der Waals surface area (Å²) < 4.78 is 25.3. The maximum atomic E-state index is 12.5. The second-order valence-electron chi connectivity index (χ2n) is 5.04. The molecule has 128 valence electrons. The standard InChI is InChI=1S/C15H15ClF2N4O2/c1-9(23)20-13(10-2-4-11(16)5-3-10)6-14(24)21-12-7-19-22(8-12)15(17)18/h2-5,7-8,13,15H,6H2,1H3,(H,20,23)(H,21,24). The normalized spacial score (nSPS) is 12.0. The number of hydrogen-bond acceptors (Lipinski definition) is 3. The van der Waals surface area contributed by atoms with E-state index in [-0.39, 0.29) is 18.0 Å². The number of nitrogens with one attached hydrogen (secondary N) is 2. The molecular weight excluding hydrogens is 342 g/mol. The third-order valence-corrected chi connectivity index (χ3v) is 3.38. The molecule has 1 atom stereocenters. The predicted molar refractivity (Wildman–Crippen MR) is 84.7 cm³/mol. The highest BCUT2D eigenvalue weighted by Gasteiger charge is 2.18. The number of alkyl halides is 2. The summed E-state index contributed by atoms with van der Waals surface area (Å²) in [5, 5.41) is 9.10. The van der Waals surface area contributed by atoms with Crippen LogP contribution in [0.1, 0.15) is 31.5 Å². The molecule has 0 aliphatic carbocycles. The molecule has 6 nitrogen and oxygen atoms in total. The number of hydrogen-bond donors (Lipinski definition) is 2. The lowest BCUT2D eigenvalue weighted by Crippen LogP contribution is -2.29. The highest BCUT2D eigenvalue weighted by atomic mass is 35.5. The topological polar surface area (TPSA) is 76.0 Å². The Morgan fingerprint density at radius 2 is 1.96 bits per heavy atom. The Kier molecular flexibility index (Phi) is 5.86. The molecule has 1 aromatic heterocycles. The number of anilines is 1. The highest BCUT2D eigenvalue weighted by molar-refractivity contribution is 6.30. The van der Waals surface area contributed by atoms with Gasteiger partial charge in [-0.2, -0.15) is 13.9 Å². The Balaban J connectivity index is 2.06. The van der Waals surface area contributed by atoms with Crippen LogP contribution >= 0.6 is 11.6 Å². The largest absolute Gasteiger partial charge is 0.349 e. The Labute approximate surface area is 141 Å². The minimum Gasteiger partial charge on any atom is -0.349 e. The maximum Gasteiger partial charge on any atom is 0.333 e. The van der Waals surface area contributed by atoms with Gasteiger partial charge in [-0.15, -0.1) is 0 Å². The number of carbonyl (C=O) groups excluding carboxylic acids is 2. The number of amides is 2. The molecule has 0 fully saturated rings. The van der Waals surface area contributed by atoms with Gasteiger partial charge in [0.2, 0.25) is 11.8 Å². The molecule has 2 aromatic rings. The van der Waals surface area contributed by atoms with Crippen molar-refractivity contribution in [3.63, 3.8) is 0 Å². The van der Waals surface area contributed by atoms with Gasteiger partial charge in [-0.1, -0.05) is 23.7 Å². The second kappa shape index (κ2) is 7.87. The van der Waals surface area contributed by atoms with E-state index in [0.29, 0.717) is 15.3 Å². The molecule has 1 aromatic carbocycles. The molecule has 1 unspecified atom stereocenters. The van der Waals surface area contributed by atoms with Crippen molar-refractivity contribution in [1.29, 1.82) is 0 Å². The molecule has 9 heteroatoms. The van der Waals surface area contributed by atoms with Crippen molar-refractivity contribution in [2.75, 3.05) is 5.32 Å². The van der Waals surface area contributed by atoms with Gasteiger partial charge in [0.05, 0.1) is 30.5 Å². The van der Waals surface area contributed by atoms with E-state index in [1.807, 2.05) is 0 Å². The molecule has 0 spiro atoms. The van der Waals surface area contributed by atoms with Gasteiger partial charge in [-0.3, -0.25) is 9.59 Å². The van der Waals surface area contributed by atoms with Crippen LogP contribution in [0.5, 0.6) is 0 Å². The zero-order valence-corrected chi connectivity index (χ0v) is 13.4. The summed E-state index contributed by atoms with van der Waals surface area (Å²) in [4.78, 5) is 23.5. The van der Waals surface area contributed by atoms with Crippen molar-refractivity contribution in [2.45, 2.75) is 25.9 Å². The van der Waals surface area contributed by atoms with Crippen molar-refractivity contribution in [3.05, 3.63) is 47.2 Å². The van der Waals surface area contributed by atoms with Gasteiger partial charge in [0, 0.05) is 11.9 Å². The van der Waals surface area contributed by atoms with Crippen molar-refractivity contribution >= 4 is 29.1 Å². The minimum absolute atomic E-state index is 0.0684. The Bertz CT molecular complexity index is 719. The summed E-state index contributed by atoms with van der Waals surface area (Å²) in [6, 6.07) is 6.13. The van der Waals surface area contributed by atoms with Crippen LogP contribution in [0.25, 0.3) is 0 Å². The van der Waals surface area contributed by atoms with E-state index in [1.165, 1.54) is 6.92 Å². The molecule has 24 heavy (non-hydrogen) atoms. The fourth-order valence-electron chi connectivity index (χ4n) is 2.10. The zero-order valence-electron chi connectivity index (χ0n) is 12.7. The monoisotopic (exact) mass is 356 g/mol. The number of rotatable bonds is 6. The summed E-state index contributed by atoms with van der Waals surface area (Å²) in [6.45, 7) is -1.44. The van der Waals surface area contributed by atoms with Crippen molar-refractivity contribution in [1.82, 2.24) is 15.1 Å². The molecule has 0 bridgehead atoms. The molecule has 0 aliphatic rings. The number of aromatic nitrogens is 2. The second-order valence-corrected chi connectivity index (χ2v) is 5.48.